The second kappa shape index (κ2) is 3.76. The fourth-order valence-corrected chi connectivity index (χ4v) is 1.62. The molecule has 82 valence electrons. The number of benzene rings is 1. The number of hydrogen-bond donors (Lipinski definition) is 0. The summed E-state index contributed by atoms with van der Waals surface area (Å²) in [7, 11) is 0. The zero-order valence-corrected chi connectivity index (χ0v) is 9.67. The average molecular weight is 206 g/mol. The van der Waals surface area contributed by atoms with E-state index < -0.39 is 0 Å². The van der Waals surface area contributed by atoms with Crippen LogP contribution in [0.4, 0.5) is 0 Å². The molecule has 2 nitrogen and oxygen atoms in total. The molecular formula is C13H18O2. The van der Waals surface area contributed by atoms with Crippen molar-refractivity contribution in [2.24, 2.45) is 5.41 Å². The minimum absolute atomic E-state index is 0.359. The predicted molar refractivity (Wildman–Crippen MR) is 60.3 cm³/mol. The van der Waals surface area contributed by atoms with Crippen molar-refractivity contribution in [3.8, 4) is 11.5 Å². The van der Waals surface area contributed by atoms with Gasteiger partial charge in [0.05, 0.1) is 0 Å². The third-order valence-electron chi connectivity index (χ3n) is 2.60. The largest absolute Gasteiger partial charge is 0.454 e. The summed E-state index contributed by atoms with van der Waals surface area (Å²) in [6.07, 6.45) is 2.28. The number of rotatable bonds is 2. The monoisotopic (exact) mass is 206 g/mol. The molecular weight excluding hydrogens is 188 g/mol. The maximum Gasteiger partial charge on any atom is 0.231 e. The van der Waals surface area contributed by atoms with E-state index in [9.17, 15) is 0 Å². The van der Waals surface area contributed by atoms with Gasteiger partial charge in [0, 0.05) is 0 Å². The van der Waals surface area contributed by atoms with Crippen LogP contribution in [0.1, 0.15) is 32.8 Å². The van der Waals surface area contributed by atoms with Gasteiger partial charge in [-0.25, -0.2) is 0 Å². The molecule has 0 saturated carbocycles. The van der Waals surface area contributed by atoms with E-state index in [2.05, 4.69) is 32.9 Å². The molecule has 0 amide bonds. The summed E-state index contributed by atoms with van der Waals surface area (Å²) >= 11 is 0. The van der Waals surface area contributed by atoms with Crippen molar-refractivity contribution in [1.82, 2.24) is 0 Å². The first-order valence-corrected chi connectivity index (χ1v) is 5.43. The highest BCUT2D eigenvalue weighted by Gasteiger charge is 2.14. The molecule has 0 atom stereocenters. The van der Waals surface area contributed by atoms with E-state index in [4.69, 9.17) is 9.47 Å². The van der Waals surface area contributed by atoms with E-state index in [-0.39, 0.29) is 0 Å². The van der Waals surface area contributed by atoms with Crippen LogP contribution in [0.5, 0.6) is 11.5 Å². The first kappa shape index (κ1) is 10.3. The summed E-state index contributed by atoms with van der Waals surface area (Å²) in [4.78, 5) is 0. The van der Waals surface area contributed by atoms with Gasteiger partial charge in [0.1, 0.15) is 0 Å². The van der Waals surface area contributed by atoms with Crippen molar-refractivity contribution in [2.45, 2.75) is 33.6 Å². The van der Waals surface area contributed by atoms with Crippen molar-refractivity contribution in [3.05, 3.63) is 23.8 Å². The van der Waals surface area contributed by atoms with Crippen molar-refractivity contribution in [1.29, 1.82) is 0 Å². The van der Waals surface area contributed by atoms with Crippen LogP contribution in [0, 0.1) is 5.41 Å². The van der Waals surface area contributed by atoms with Gasteiger partial charge in [0.2, 0.25) is 6.79 Å². The zero-order valence-electron chi connectivity index (χ0n) is 9.67. The smallest absolute Gasteiger partial charge is 0.231 e. The highest BCUT2D eigenvalue weighted by atomic mass is 16.7. The molecule has 2 rings (SSSR count). The summed E-state index contributed by atoms with van der Waals surface area (Å²) in [5.41, 5.74) is 1.71. The van der Waals surface area contributed by atoms with Gasteiger partial charge in [-0.15, -0.1) is 0 Å². The van der Waals surface area contributed by atoms with Crippen LogP contribution in [0.25, 0.3) is 0 Å². The molecule has 0 radical (unpaired) electrons. The first-order chi connectivity index (χ1) is 7.04. The SMILES string of the molecule is CC(C)(C)CCc1ccc2c(c1)OCO2. The highest BCUT2D eigenvalue weighted by molar-refractivity contribution is 5.44. The fraction of sp³-hybridized carbons (Fsp3) is 0.538. The standard InChI is InChI=1S/C13H18O2/c1-13(2,3)7-6-10-4-5-11-12(8-10)15-9-14-11/h4-5,8H,6-7,9H2,1-3H3. The maximum absolute atomic E-state index is 5.35. The summed E-state index contributed by atoms with van der Waals surface area (Å²) in [6, 6.07) is 6.22. The van der Waals surface area contributed by atoms with Gasteiger partial charge in [-0.2, -0.15) is 0 Å². The molecule has 0 aliphatic carbocycles. The van der Waals surface area contributed by atoms with Crippen LogP contribution in [0.15, 0.2) is 18.2 Å². The fourth-order valence-electron chi connectivity index (χ4n) is 1.62. The number of aryl methyl sites for hydroxylation is 1. The lowest BCUT2D eigenvalue weighted by Gasteiger charge is -2.17. The molecule has 0 fully saturated rings. The molecule has 1 aromatic rings. The number of hydrogen-bond acceptors (Lipinski definition) is 2. The van der Waals surface area contributed by atoms with Gasteiger partial charge in [0.25, 0.3) is 0 Å². The Kier molecular flexibility index (Phi) is 2.59. The minimum Gasteiger partial charge on any atom is -0.454 e. The number of fused-ring (bicyclic) bond motifs is 1. The van der Waals surface area contributed by atoms with Crippen molar-refractivity contribution >= 4 is 0 Å². The Morgan fingerprint density at radius 3 is 2.60 bits per heavy atom. The molecule has 0 unspecified atom stereocenters. The topological polar surface area (TPSA) is 18.5 Å². The molecule has 2 heteroatoms. The Balaban J connectivity index is 2.04. The predicted octanol–water partition coefficient (Wildman–Crippen LogP) is 3.39. The Labute approximate surface area is 91.2 Å². The average Bonchev–Trinajstić information content (AvgIpc) is 2.60. The van der Waals surface area contributed by atoms with Gasteiger partial charge in [-0.3, -0.25) is 0 Å². The second-order valence-electron chi connectivity index (χ2n) is 5.25. The Bertz CT molecular complexity index is 350. The third kappa shape index (κ3) is 2.65. The molecule has 15 heavy (non-hydrogen) atoms. The molecule has 0 saturated heterocycles. The second-order valence-corrected chi connectivity index (χ2v) is 5.25. The molecule has 0 bridgehead atoms. The van der Waals surface area contributed by atoms with Crippen molar-refractivity contribution in [2.75, 3.05) is 6.79 Å². The Hall–Kier alpha value is -1.18. The maximum atomic E-state index is 5.35. The molecule has 0 aromatic heterocycles. The lowest BCUT2D eigenvalue weighted by Crippen LogP contribution is -2.06. The lowest BCUT2D eigenvalue weighted by molar-refractivity contribution is 0.174. The number of ether oxygens (including phenoxy) is 2. The Morgan fingerprint density at radius 1 is 1.13 bits per heavy atom. The quantitative estimate of drug-likeness (QED) is 0.738. The van der Waals surface area contributed by atoms with Crippen LogP contribution in [0.3, 0.4) is 0 Å². The van der Waals surface area contributed by atoms with Crippen LogP contribution in [-0.2, 0) is 6.42 Å². The van der Waals surface area contributed by atoms with E-state index >= 15 is 0 Å². The van der Waals surface area contributed by atoms with Gasteiger partial charge in [-0.05, 0) is 36.0 Å². The first-order valence-electron chi connectivity index (χ1n) is 5.43. The van der Waals surface area contributed by atoms with Crippen LogP contribution >= 0.6 is 0 Å². The van der Waals surface area contributed by atoms with Crippen LogP contribution in [-0.4, -0.2) is 6.79 Å². The van der Waals surface area contributed by atoms with Crippen LogP contribution < -0.4 is 9.47 Å². The summed E-state index contributed by atoms with van der Waals surface area (Å²) in [5, 5.41) is 0. The van der Waals surface area contributed by atoms with E-state index in [0.717, 1.165) is 17.9 Å². The van der Waals surface area contributed by atoms with Gasteiger partial charge < -0.3 is 9.47 Å². The molecule has 1 aromatic carbocycles. The van der Waals surface area contributed by atoms with Crippen molar-refractivity contribution in [3.63, 3.8) is 0 Å². The lowest BCUT2D eigenvalue weighted by atomic mass is 9.89. The minimum atomic E-state index is 0.359. The zero-order chi connectivity index (χ0) is 10.9. The highest BCUT2D eigenvalue weighted by Crippen LogP contribution is 2.33. The van der Waals surface area contributed by atoms with E-state index in [0.29, 0.717) is 12.2 Å². The molecule has 1 aliphatic heterocycles. The summed E-state index contributed by atoms with van der Waals surface area (Å²) in [6.45, 7) is 7.15. The summed E-state index contributed by atoms with van der Waals surface area (Å²) < 4.78 is 10.6. The Morgan fingerprint density at radius 2 is 1.87 bits per heavy atom. The van der Waals surface area contributed by atoms with Gasteiger partial charge in [0.15, 0.2) is 11.5 Å². The van der Waals surface area contributed by atoms with Gasteiger partial charge >= 0.3 is 0 Å². The molecule has 0 N–H and O–H groups in total. The molecule has 1 aliphatic rings. The van der Waals surface area contributed by atoms with E-state index in [1.54, 1.807) is 0 Å². The van der Waals surface area contributed by atoms with Crippen molar-refractivity contribution < 1.29 is 9.47 Å². The summed E-state index contributed by atoms with van der Waals surface area (Å²) in [5.74, 6) is 1.76. The molecule has 0 spiro atoms. The molecule has 1 heterocycles. The van der Waals surface area contributed by atoms with E-state index in [1.165, 1.54) is 12.0 Å². The normalized spacial score (nSPS) is 14.3. The third-order valence-corrected chi connectivity index (χ3v) is 2.60. The van der Waals surface area contributed by atoms with E-state index in [1.807, 2.05) is 6.07 Å². The van der Waals surface area contributed by atoms with Gasteiger partial charge in [-0.1, -0.05) is 26.8 Å². The van der Waals surface area contributed by atoms with Crippen LogP contribution in [0.2, 0.25) is 0 Å².